The SMILES string of the molecule is C=CCN(CCO)C(=O)c1cc2c(s1)CCCCCC2. The highest BCUT2D eigenvalue weighted by Crippen LogP contribution is 2.29. The van der Waals surface area contributed by atoms with Gasteiger partial charge in [0.05, 0.1) is 11.5 Å². The minimum Gasteiger partial charge on any atom is -0.395 e. The third-order valence-corrected chi connectivity index (χ3v) is 4.94. The summed E-state index contributed by atoms with van der Waals surface area (Å²) >= 11 is 1.64. The highest BCUT2D eigenvalue weighted by atomic mass is 32.1. The molecule has 0 fully saturated rings. The van der Waals surface area contributed by atoms with Crippen molar-refractivity contribution in [2.45, 2.75) is 38.5 Å². The van der Waals surface area contributed by atoms with E-state index in [2.05, 4.69) is 12.6 Å². The molecule has 0 aliphatic heterocycles. The van der Waals surface area contributed by atoms with Crippen molar-refractivity contribution in [3.63, 3.8) is 0 Å². The summed E-state index contributed by atoms with van der Waals surface area (Å²) in [4.78, 5) is 16.3. The van der Waals surface area contributed by atoms with Crippen LogP contribution in [0.4, 0.5) is 0 Å². The lowest BCUT2D eigenvalue weighted by Gasteiger charge is -2.18. The number of hydrogen-bond acceptors (Lipinski definition) is 3. The fourth-order valence-corrected chi connectivity index (χ4v) is 3.88. The molecule has 0 bridgehead atoms. The predicted molar refractivity (Wildman–Crippen MR) is 83.4 cm³/mol. The van der Waals surface area contributed by atoms with Crippen LogP contribution >= 0.6 is 11.3 Å². The Kier molecular flexibility index (Phi) is 5.80. The molecule has 3 nitrogen and oxygen atoms in total. The Labute approximate surface area is 124 Å². The van der Waals surface area contributed by atoms with Crippen LogP contribution in [-0.4, -0.2) is 35.6 Å². The van der Waals surface area contributed by atoms with Gasteiger partial charge in [0.1, 0.15) is 0 Å². The predicted octanol–water partition coefficient (Wildman–Crippen LogP) is 3.03. The largest absolute Gasteiger partial charge is 0.395 e. The maximum atomic E-state index is 12.5. The molecular weight excluding hydrogens is 270 g/mol. The van der Waals surface area contributed by atoms with Gasteiger partial charge in [-0.1, -0.05) is 18.9 Å². The molecule has 1 aliphatic rings. The molecule has 2 rings (SSSR count). The van der Waals surface area contributed by atoms with Gasteiger partial charge in [-0.3, -0.25) is 4.79 Å². The number of aryl methyl sites for hydroxylation is 2. The summed E-state index contributed by atoms with van der Waals surface area (Å²) < 4.78 is 0. The molecule has 0 saturated heterocycles. The van der Waals surface area contributed by atoms with Gasteiger partial charge in [0, 0.05) is 18.0 Å². The van der Waals surface area contributed by atoms with Crippen molar-refractivity contribution in [1.29, 1.82) is 0 Å². The molecule has 1 aromatic rings. The Balaban J connectivity index is 2.16. The van der Waals surface area contributed by atoms with Crippen molar-refractivity contribution in [2.75, 3.05) is 19.7 Å². The van der Waals surface area contributed by atoms with E-state index >= 15 is 0 Å². The number of aliphatic hydroxyl groups is 1. The van der Waals surface area contributed by atoms with Gasteiger partial charge in [0.15, 0.2) is 0 Å². The van der Waals surface area contributed by atoms with E-state index in [9.17, 15) is 4.79 Å². The van der Waals surface area contributed by atoms with E-state index in [4.69, 9.17) is 5.11 Å². The summed E-state index contributed by atoms with van der Waals surface area (Å²) in [5, 5.41) is 9.07. The first-order valence-electron chi connectivity index (χ1n) is 7.39. The maximum absolute atomic E-state index is 12.5. The first-order valence-corrected chi connectivity index (χ1v) is 8.20. The van der Waals surface area contributed by atoms with Crippen molar-refractivity contribution in [1.82, 2.24) is 4.90 Å². The molecule has 0 saturated carbocycles. The van der Waals surface area contributed by atoms with Crippen molar-refractivity contribution in [3.8, 4) is 0 Å². The minimum absolute atomic E-state index is 0.00926. The lowest BCUT2D eigenvalue weighted by Crippen LogP contribution is -2.33. The van der Waals surface area contributed by atoms with Crippen LogP contribution in [0.3, 0.4) is 0 Å². The Bertz CT molecular complexity index is 442. The Morgan fingerprint density at radius 2 is 2.10 bits per heavy atom. The van der Waals surface area contributed by atoms with Crippen LogP contribution in [0, 0.1) is 0 Å². The van der Waals surface area contributed by atoms with Gasteiger partial charge >= 0.3 is 0 Å². The summed E-state index contributed by atoms with van der Waals surface area (Å²) in [7, 11) is 0. The fraction of sp³-hybridized carbons (Fsp3) is 0.562. The standard InChI is InChI=1S/C16H23NO2S/c1-2-9-17(10-11-18)16(19)15-12-13-7-5-3-4-6-8-14(13)20-15/h2,12,18H,1,3-11H2. The van der Waals surface area contributed by atoms with Crippen molar-refractivity contribution in [3.05, 3.63) is 34.0 Å². The zero-order valence-corrected chi connectivity index (χ0v) is 12.8. The molecule has 4 heteroatoms. The van der Waals surface area contributed by atoms with E-state index in [-0.39, 0.29) is 12.5 Å². The second-order valence-electron chi connectivity index (χ2n) is 5.24. The smallest absolute Gasteiger partial charge is 0.264 e. The molecule has 1 aliphatic carbocycles. The third kappa shape index (κ3) is 3.70. The van der Waals surface area contributed by atoms with E-state index in [1.165, 1.54) is 36.1 Å². The third-order valence-electron chi connectivity index (χ3n) is 3.71. The summed E-state index contributed by atoms with van der Waals surface area (Å²) in [6.45, 7) is 4.52. The van der Waals surface area contributed by atoms with Crippen LogP contribution in [0.1, 0.15) is 45.8 Å². The maximum Gasteiger partial charge on any atom is 0.264 e. The monoisotopic (exact) mass is 293 g/mol. The molecular formula is C16H23NO2S. The summed E-state index contributed by atoms with van der Waals surface area (Å²) in [6, 6.07) is 2.07. The van der Waals surface area contributed by atoms with E-state index in [1.807, 2.05) is 0 Å². The summed E-state index contributed by atoms with van der Waals surface area (Å²) in [5.41, 5.74) is 1.36. The topological polar surface area (TPSA) is 40.5 Å². The van der Waals surface area contributed by atoms with Crippen LogP contribution in [0.5, 0.6) is 0 Å². The van der Waals surface area contributed by atoms with Crippen LogP contribution < -0.4 is 0 Å². The molecule has 0 aromatic carbocycles. The number of aliphatic hydroxyl groups excluding tert-OH is 1. The normalized spacial score (nSPS) is 15.1. The van der Waals surface area contributed by atoms with Gasteiger partial charge in [0.2, 0.25) is 0 Å². The highest BCUT2D eigenvalue weighted by Gasteiger charge is 2.19. The quantitative estimate of drug-likeness (QED) is 0.848. The van der Waals surface area contributed by atoms with Gasteiger partial charge in [-0.2, -0.15) is 0 Å². The van der Waals surface area contributed by atoms with Crippen molar-refractivity contribution < 1.29 is 9.90 Å². The van der Waals surface area contributed by atoms with Gasteiger partial charge < -0.3 is 10.0 Å². The molecule has 110 valence electrons. The average Bonchev–Trinajstić information content (AvgIpc) is 2.80. The van der Waals surface area contributed by atoms with Crippen LogP contribution in [0.15, 0.2) is 18.7 Å². The lowest BCUT2D eigenvalue weighted by molar-refractivity contribution is 0.0747. The molecule has 1 heterocycles. The zero-order valence-electron chi connectivity index (χ0n) is 11.9. The van der Waals surface area contributed by atoms with E-state index in [0.29, 0.717) is 13.1 Å². The van der Waals surface area contributed by atoms with Crippen molar-refractivity contribution in [2.24, 2.45) is 0 Å². The Morgan fingerprint density at radius 1 is 1.35 bits per heavy atom. The summed E-state index contributed by atoms with van der Waals surface area (Å²) in [5.74, 6) is 0.0238. The van der Waals surface area contributed by atoms with Gasteiger partial charge in [-0.15, -0.1) is 17.9 Å². The number of amides is 1. The molecule has 20 heavy (non-hydrogen) atoms. The fourth-order valence-electron chi connectivity index (χ4n) is 2.66. The van der Waals surface area contributed by atoms with Crippen LogP contribution in [-0.2, 0) is 12.8 Å². The first-order chi connectivity index (χ1) is 9.76. The summed E-state index contributed by atoms with van der Waals surface area (Å²) in [6.07, 6.45) is 8.96. The van der Waals surface area contributed by atoms with Crippen molar-refractivity contribution >= 4 is 17.2 Å². The number of fused-ring (bicyclic) bond motifs is 1. The number of carbonyl (C=O) groups is 1. The number of carbonyl (C=O) groups excluding carboxylic acids is 1. The molecule has 0 spiro atoms. The second kappa shape index (κ2) is 7.60. The molecule has 1 N–H and O–H groups in total. The lowest BCUT2D eigenvalue weighted by atomic mass is 10.00. The van der Waals surface area contributed by atoms with E-state index in [1.54, 1.807) is 22.3 Å². The molecule has 0 radical (unpaired) electrons. The van der Waals surface area contributed by atoms with Crippen LogP contribution in [0.2, 0.25) is 0 Å². The Morgan fingerprint density at radius 3 is 2.80 bits per heavy atom. The van der Waals surface area contributed by atoms with E-state index in [0.717, 1.165) is 17.7 Å². The number of rotatable bonds is 5. The van der Waals surface area contributed by atoms with Gasteiger partial charge in [-0.05, 0) is 37.3 Å². The first kappa shape index (κ1) is 15.3. The number of thiophene rings is 1. The number of hydrogen-bond donors (Lipinski definition) is 1. The average molecular weight is 293 g/mol. The zero-order chi connectivity index (χ0) is 14.4. The van der Waals surface area contributed by atoms with Gasteiger partial charge in [-0.25, -0.2) is 0 Å². The molecule has 0 atom stereocenters. The molecule has 0 unspecified atom stereocenters. The number of nitrogens with zero attached hydrogens (tertiary/aromatic N) is 1. The Hall–Kier alpha value is -1.13. The van der Waals surface area contributed by atoms with Gasteiger partial charge in [0.25, 0.3) is 5.91 Å². The molecule has 1 aromatic heterocycles. The van der Waals surface area contributed by atoms with E-state index < -0.39 is 0 Å². The highest BCUT2D eigenvalue weighted by molar-refractivity contribution is 7.14. The minimum atomic E-state index is -0.00926. The second-order valence-corrected chi connectivity index (χ2v) is 6.37. The molecule has 1 amide bonds. The van der Waals surface area contributed by atoms with Crippen LogP contribution in [0.25, 0.3) is 0 Å².